The molecule has 0 spiro atoms. The van der Waals surface area contributed by atoms with Gasteiger partial charge in [-0.1, -0.05) is 29.9 Å². The van der Waals surface area contributed by atoms with Gasteiger partial charge in [-0.2, -0.15) is 0 Å². The number of fused-ring (bicyclic) bond motifs is 1. The Bertz CT molecular complexity index is 906. The number of hydrogen-bond donors (Lipinski definition) is 0. The van der Waals surface area contributed by atoms with E-state index in [1.807, 2.05) is 0 Å². The van der Waals surface area contributed by atoms with Gasteiger partial charge in [0.25, 0.3) is 5.56 Å². The van der Waals surface area contributed by atoms with Gasteiger partial charge < -0.3 is 9.47 Å². The van der Waals surface area contributed by atoms with Gasteiger partial charge >= 0.3 is 5.97 Å². The summed E-state index contributed by atoms with van der Waals surface area (Å²) in [6, 6.07) is 4.75. The summed E-state index contributed by atoms with van der Waals surface area (Å²) in [4.78, 5) is 29.4. The molecule has 1 saturated heterocycles. The smallest absolute Gasteiger partial charge is 0.337 e. The molecule has 0 saturated carbocycles. The second-order valence-corrected chi connectivity index (χ2v) is 7.45. The number of thioether (sulfide) groups is 1. The summed E-state index contributed by atoms with van der Waals surface area (Å²) in [5.41, 5.74) is 0.634. The average Bonchev–Trinajstić information content (AvgIpc) is 3.14. The van der Waals surface area contributed by atoms with Crippen molar-refractivity contribution in [3.63, 3.8) is 0 Å². The molecule has 1 atom stereocenters. The lowest BCUT2D eigenvalue weighted by molar-refractivity contribution is 0.0601. The van der Waals surface area contributed by atoms with Gasteiger partial charge in [0.2, 0.25) is 0 Å². The number of halogens is 1. The third kappa shape index (κ3) is 4.11. The normalized spacial score (nSPS) is 16.8. The summed E-state index contributed by atoms with van der Waals surface area (Å²) in [7, 11) is 1.31. The first-order valence-corrected chi connectivity index (χ1v) is 9.56. The number of methoxy groups -OCH3 is 1. The van der Waals surface area contributed by atoms with Gasteiger partial charge in [-0.25, -0.2) is 9.78 Å². The van der Waals surface area contributed by atoms with E-state index in [0.29, 0.717) is 45.6 Å². The predicted octanol–water partition coefficient (Wildman–Crippen LogP) is 3.21. The first-order valence-electron chi connectivity index (χ1n) is 8.20. The highest BCUT2D eigenvalue weighted by Crippen LogP contribution is 2.23. The molecule has 0 aliphatic carbocycles. The Hall–Kier alpha value is -1.83. The Balaban J connectivity index is 2.08. The molecule has 0 amide bonds. The molecule has 1 aliphatic rings. The van der Waals surface area contributed by atoms with Crippen LogP contribution in [0.1, 0.15) is 23.2 Å². The van der Waals surface area contributed by atoms with E-state index in [4.69, 9.17) is 21.1 Å². The number of carbonyl (C=O) groups is 1. The van der Waals surface area contributed by atoms with Gasteiger partial charge in [0.1, 0.15) is 0 Å². The SMILES string of the molecule is C=C(Cl)CSc1nc2cc(C(=O)OC)ccc2c(=O)n1C[C@H]1CCCO1. The maximum Gasteiger partial charge on any atom is 0.337 e. The van der Waals surface area contributed by atoms with E-state index in [9.17, 15) is 9.59 Å². The molecule has 1 aromatic heterocycles. The molecule has 26 heavy (non-hydrogen) atoms. The molecule has 2 aromatic rings. The van der Waals surface area contributed by atoms with Gasteiger partial charge in [0.05, 0.1) is 36.2 Å². The number of hydrogen-bond acceptors (Lipinski definition) is 6. The van der Waals surface area contributed by atoms with Gasteiger partial charge in [0, 0.05) is 17.4 Å². The number of benzene rings is 1. The van der Waals surface area contributed by atoms with Crippen molar-refractivity contribution in [3.05, 3.63) is 45.7 Å². The van der Waals surface area contributed by atoms with E-state index < -0.39 is 5.97 Å². The molecule has 0 unspecified atom stereocenters. The number of rotatable bonds is 6. The Morgan fingerprint density at radius 1 is 1.54 bits per heavy atom. The number of carbonyl (C=O) groups excluding carboxylic acids is 1. The standard InChI is InChI=1S/C18H19ClN2O4S/c1-11(19)10-26-18-20-15-8-12(17(23)24-2)5-6-14(15)16(22)21(18)9-13-4-3-7-25-13/h5-6,8,13H,1,3-4,7,9-10H2,2H3/t13-/m1/s1. The number of esters is 1. The molecule has 1 aliphatic heterocycles. The van der Waals surface area contributed by atoms with Crippen LogP contribution >= 0.6 is 23.4 Å². The van der Waals surface area contributed by atoms with Crippen LogP contribution in [0.3, 0.4) is 0 Å². The highest BCUT2D eigenvalue weighted by molar-refractivity contribution is 7.99. The molecule has 1 fully saturated rings. The third-order valence-electron chi connectivity index (χ3n) is 4.11. The maximum absolute atomic E-state index is 13.0. The number of ether oxygens (including phenoxy) is 2. The van der Waals surface area contributed by atoms with Crippen LogP contribution in [0, 0.1) is 0 Å². The fraction of sp³-hybridized carbons (Fsp3) is 0.389. The first-order chi connectivity index (χ1) is 12.5. The summed E-state index contributed by atoms with van der Waals surface area (Å²) < 4.78 is 12.0. The van der Waals surface area contributed by atoms with Crippen LogP contribution < -0.4 is 5.56 Å². The lowest BCUT2D eigenvalue weighted by Crippen LogP contribution is -2.29. The van der Waals surface area contributed by atoms with Crippen molar-refractivity contribution >= 4 is 40.2 Å². The Morgan fingerprint density at radius 2 is 2.35 bits per heavy atom. The van der Waals surface area contributed by atoms with Gasteiger partial charge in [-0.05, 0) is 31.0 Å². The summed E-state index contributed by atoms with van der Waals surface area (Å²) in [6.07, 6.45) is 1.90. The van der Waals surface area contributed by atoms with Crippen molar-refractivity contribution in [1.29, 1.82) is 0 Å². The Morgan fingerprint density at radius 3 is 3.00 bits per heavy atom. The van der Waals surface area contributed by atoms with E-state index in [1.54, 1.807) is 22.8 Å². The zero-order chi connectivity index (χ0) is 18.7. The number of aromatic nitrogens is 2. The predicted molar refractivity (Wildman–Crippen MR) is 102 cm³/mol. The highest BCUT2D eigenvalue weighted by Gasteiger charge is 2.21. The molecule has 0 N–H and O–H groups in total. The third-order valence-corrected chi connectivity index (χ3v) is 5.46. The van der Waals surface area contributed by atoms with Gasteiger partial charge in [-0.3, -0.25) is 9.36 Å². The molecule has 8 heteroatoms. The average molecular weight is 395 g/mol. The van der Waals surface area contributed by atoms with Crippen LogP contribution in [-0.4, -0.2) is 41.1 Å². The molecule has 3 rings (SSSR count). The van der Waals surface area contributed by atoms with Crippen molar-refractivity contribution in [3.8, 4) is 0 Å². The summed E-state index contributed by atoms with van der Waals surface area (Å²) in [6.45, 7) is 4.83. The molecular formula is C18H19ClN2O4S. The summed E-state index contributed by atoms with van der Waals surface area (Å²) in [5.74, 6) is -0.0394. The van der Waals surface area contributed by atoms with Gasteiger partial charge in [0.15, 0.2) is 5.16 Å². The van der Waals surface area contributed by atoms with Crippen LogP contribution in [0.2, 0.25) is 0 Å². The zero-order valence-corrected chi connectivity index (χ0v) is 15.9. The number of nitrogens with zero attached hydrogens (tertiary/aromatic N) is 2. The monoisotopic (exact) mass is 394 g/mol. The highest BCUT2D eigenvalue weighted by atomic mass is 35.5. The van der Waals surface area contributed by atoms with Gasteiger partial charge in [-0.15, -0.1) is 0 Å². The minimum Gasteiger partial charge on any atom is -0.465 e. The zero-order valence-electron chi connectivity index (χ0n) is 14.4. The minimum atomic E-state index is -0.472. The van der Waals surface area contributed by atoms with E-state index in [-0.39, 0.29) is 11.7 Å². The summed E-state index contributed by atoms with van der Waals surface area (Å²) >= 11 is 7.21. The van der Waals surface area contributed by atoms with Crippen molar-refractivity contribution < 1.29 is 14.3 Å². The minimum absolute atomic E-state index is 0.000143. The van der Waals surface area contributed by atoms with Crippen molar-refractivity contribution in [1.82, 2.24) is 9.55 Å². The van der Waals surface area contributed by atoms with Crippen molar-refractivity contribution in [2.75, 3.05) is 19.5 Å². The van der Waals surface area contributed by atoms with E-state index in [2.05, 4.69) is 11.6 Å². The molecule has 6 nitrogen and oxygen atoms in total. The van der Waals surface area contributed by atoms with Crippen LogP contribution in [0.15, 0.2) is 39.8 Å². The molecule has 0 radical (unpaired) electrons. The van der Waals surface area contributed by atoms with Crippen LogP contribution in [0.5, 0.6) is 0 Å². The van der Waals surface area contributed by atoms with Crippen molar-refractivity contribution in [2.24, 2.45) is 0 Å². The topological polar surface area (TPSA) is 70.4 Å². The quantitative estimate of drug-likeness (QED) is 0.425. The molecule has 138 valence electrons. The maximum atomic E-state index is 13.0. The Labute approximate surface area is 160 Å². The second-order valence-electron chi connectivity index (χ2n) is 5.97. The van der Waals surface area contributed by atoms with Crippen molar-refractivity contribution in [2.45, 2.75) is 30.6 Å². The van der Waals surface area contributed by atoms with Crippen LogP contribution in [0.4, 0.5) is 0 Å². The molecule has 0 bridgehead atoms. The van der Waals surface area contributed by atoms with E-state index in [1.165, 1.54) is 18.9 Å². The summed E-state index contributed by atoms with van der Waals surface area (Å²) in [5, 5.41) is 1.45. The first kappa shape index (κ1) is 18.9. The van der Waals surface area contributed by atoms with Crippen LogP contribution in [0.25, 0.3) is 10.9 Å². The largest absolute Gasteiger partial charge is 0.465 e. The fourth-order valence-electron chi connectivity index (χ4n) is 2.85. The van der Waals surface area contributed by atoms with Crippen LogP contribution in [-0.2, 0) is 16.0 Å². The van der Waals surface area contributed by atoms with E-state index in [0.717, 1.165) is 12.8 Å². The molecule has 1 aromatic carbocycles. The van der Waals surface area contributed by atoms with E-state index >= 15 is 0 Å². The lowest BCUT2D eigenvalue weighted by atomic mass is 10.1. The fourth-order valence-corrected chi connectivity index (χ4v) is 3.78. The second kappa shape index (κ2) is 8.24. The Kier molecular flexibility index (Phi) is 6.01. The molecular weight excluding hydrogens is 376 g/mol. The lowest BCUT2D eigenvalue weighted by Gasteiger charge is -2.16. The molecule has 2 heterocycles.